The van der Waals surface area contributed by atoms with Crippen LogP contribution >= 0.6 is 0 Å². The molecule has 1 heterocycles. The van der Waals surface area contributed by atoms with Gasteiger partial charge < -0.3 is 20.1 Å². The molecule has 2 amide bonds. The fraction of sp³-hybridized carbons (Fsp3) is 0.500. The first-order valence-corrected chi connectivity index (χ1v) is 7.49. The minimum absolute atomic E-state index is 0.0448. The zero-order valence-corrected chi connectivity index (χ0v) is 12.9. The summed E-state index contributed by atoms with van der Waals surface area (Å²) in [6, 6.07) is 6.49. The molecule has 1 aliphatic heterocycles. The molecule has 1 fully saturated rings. The van der Waals surface area contributed by atoms with E-state index in [0.717, 1.165) is 12.0 Å². The Morgan fingerprint density at radius 1 is 1.36 bits per heavy atom. The Morgan fingerprint density at radius 2 is 2.05 bits per heavy atom. The summed E-state index contributed by atoms with van der Waals surface area (Å²) in [5.74, 6) is -0.955. The maximum absolute atomic E-state index is 12.3. The van der Waals surface area contributed by atoms with Crippen molar-refractivity contribution in [3.63, 3.8) is 0 Å². The standard InChI is InChI=1S/C16H22N2O4/c1-3-14-10-22-11(2)9-18(14)16(21)17-8-12-4-6-13(7-5-12)15(19)20/h4-7,11,14H,3,8-10H2,1-2H3,(H,17,21)(H,19,20). The molecule has 1 aromatic carbocycles. The highest BCUT2D eigenvalue weighted by Gasteiger charge is 2.29. The van der Waals surface area contributed by atoms with E-state index in [1.54, 1.807) is 12.1 Å². The number of carbonyl (C=O) groups excluding carboxylic acids is 1. The molecule has 0 radical (unpaired) electrons. The van der Waals surface area contributed by atoms with Crippen LogP contribution in [-0.4, -0.2) is 47.3 Å². The van der Waals surface area contributed by atoms with Crippen LogP contribution in [0.5, 0.6) is 0 Å². The number of aromatic carboxylic acids is 1. The number of morpholine rings is 1. The molecule has 6 heteroatoms. The summed E-state index contributed by atoms with van der Waals surface area (Å²) in [5.41, 5.74) is 1.11. The van der Waals surface area contributed by atoms with Gasteiger partial charge in [-0.05, 0) is 31.0 Å². The maximum Gasteiger partial charge on any atom is 0.335 e. The normalized spacial score (nSPS) is 21.5. The van der Waals surface area contributed by atoms with E-state index in [0.29, 0.717) is 19.7 Å². The number of nitrogens with zero attached hydrogens (tertiary/aromatic N) is 1. The van der Waals surface area contributed by atoms with Gasteiger partial charge in [-0.1, -0.05) is 19.1 Å². The quantitative estimate of drug-likeness (QED) is 0.893. The van der Waals surface area contributed by atoms with Crippen molar-refractivity contribution < 1.29 is 19.4 Å². The van der Waals surface area contributed by atoms with Gasteiger partial charge >= 0.3 is 12.0 Å². The third kappa shape index (κ3) is 3.98. The van der Waals surface area contributed by atoms with Gasteiger partial charge in [0.2, 0.25) is 0 Å². The van der Waals surface area contributed by atoms with Gasteiger partial charge in [0.1, 0.15) is 0 Å². The number of carboxylic acid groups (broad SMARTS) is 1. The van der Waals surface area contributed by atoms with Crippen molar-refractivity contribution in [2.45, 2.75) is 39.0 Å². The summed E-state index contributed by atoms with van der Waals surface area (Å²) in [6.07, 6.45) is 0.899. The molecule has 0 spiro atoms. The fourth-order valence-corrected chi connectivity index (χ4v) is 2.48. The van der Waals surface area contributed by atoms with E-state index in [9.17, 15) is 9.59 Å². The zero-order chi connectivity index (χ0) is 16.1. The minimum Gasteiger partial charge on any atom is -0.478 e. The molecule has 120 valence electrons. The van der Waals surface area contributed by atoms with Crippen LogP contribution in [0.1, 0.15) is 36.2 Å². The number of nitrogens with one attached hydrogen (secondary N) is 1. The second-order valence-electron chi connectivity index (χ2n) is 5.52. The van der Waals surface area contributed by atoms with Crippen LogP contribution in [0.15, 0.2) is 24.3 Å². The van der Waals surface area contributed by atoms with E-state index in [-0.39, 0.29) is 23.7 Å². The van der Waals surface area contributed by atoms with E-state index in [1.807, 2.05) is 18.7 Å². The van der Waals surface area contributed by atoms with E-state index >= 15 is 0 Å². The van der Waals surface area contributed by atoms with E-state index in [1.165, 1.54) is 12.1 Å². The molecular formula is C16H22N2O4. The van der Waals surface area contributed by atoms with Crippen LogP contribution in [0.25, 0.3) is 0 Å². The lowest BCUT2D eigenvalue weighted by atomic mass is 10.1. The molecule has 2 rings (SSSR count). The first-order chi connectivity index (χ1) is 10.5. The van der Waals surface area contributed by atoms with Crippen LogP contribution < -0.4 is 5.32 Å². The van der Waals surface area contributed by atoms with Crippen molar-refractivity contribution in [1.29, 1.82) is 0 Å². The molecule has 0 aromatic heterocycles. The number of urea groups is 1. The molecule has 2 unspecified atom stereocenters. The second-order valence-corrected chi connectivity index (χ2v) is 5.52. The van der Waals surface area contributed by atoms with Gasteiger partial charge in [-0.15, -0.1) is 0 Å². The maximum atomic E-state index is 12.3. The lowest BCUT2D eigenvalue weighted by Gasteiger charge is -2.38. The number of rotatable bonds is 4. The van der Waals surface area contributed by atoms with Crippen LogP contribution in [-0.2, 0) is 11.3 Å². The lowest BCUT2D eigenvalue weighted by molar-refractivity contribution is -0.0378. The van der Waals surface area contributed by atoms with Gasteiger partial charge in [-0.2, -0.15) is 0 Å². The van der Waals surface area contributed by atoms with Gasteiger partial charge in [0.05, 0.1) is 24.3 Å². The van der Waals surface area contributed by atoms with Crippen molar-refractivity contribution in [3.8, 4) is 0 Å². The highest BCUT2D eigenvalue weighted by atomic mass is 16.5. The molecule has 6 nitrogen and oxygen atoms in total. The second kappa shape index (κ2) is 7.26. The van der Waals surface area contributed by atoms with Crippen molar-refractivity contribution >= 4 is 12.0 Å². The van der Waals surface area contributed by atoms with Crippen molar-refractivity contribution in [2.24, 2.45) is 0 Å². The molecule has 0 bridgehead atoms. The Morgan fingerprint density at radius 3 is 2.64 bits per heavy atom. The SMILES string of the molecule is CCC1COC(C)CN1C(=O)NCc1ccc(C(=O)O)cc1. The van der Waals surface area contributed by atoms with E-state index in [4.69, 9.17) is 9.84 Å². The first kappa shape index (κ1) is 16.3. The third-order valence-corrected chi connectivity index (χ3v) is 3.84. The smallest absolute Gasteiger partial charge is 0.335 e. The number of amides is 2. The highest BCUT2D eigenvalue weighted by Crippen LogP contribution is 2.14. The lowest BCUT2D eigenvalue weighted by Crippen LogP contribution is -2.54. The number of carboxylic acids is 1. The highest BCUT2D eigenvalue weighted by molar-refractivity contribution is 5.87. The van der Waals surface area contributed by atoms with Gasteiger partial charge in [0.15, 0.2) is 0 Å². The molecule has 0 aliphatic carbocycles. The average molecular weight is 306 g/mol. The number of hydrogen-bond acceptors (Lipinski definition) is 3. The van der Waals surface area contributed by atoms with Gasteiger partial charge in [0, 0.05) is 13.1 Å². The Hall–Kier alpha value is -2.08. The molecule has 2 N–H and O–H groups in total. The molecule has 1 aliphatic rings. The van der Waals surface area contributed by atoms with Crippen LogP contribution in [0.3, 0.4) is 0 Å². The van der Waals surface area contributed by atoms with E-state index in [2.05, 4.69) is 5.32 Å². The number of hydrogen-bond donors (Lipinski definition) is 2. The number of ether oxygens (including phenoxy) is 1. The molecule has 1 aromatic rings. The van der Waals surface area contributed by atoms with Gasteiger partial charge in [-0.25, -0.2) is 9.59 Å². The van der Waals surface area contributed by atoms with Gasteiger partial charge in [-0.3, -0.25) is 0 Å². The monoisotopic (exact) mass is 306 g/mol. The zero-order valence-electron chi connectivity index (χ0n) is 12.9. The molecule has 0 saturated carbocycles. The summed E-state index contributed by atoms with van der Waals surface area (Å²) < 4.78 is 5.58. The van der Waals surface area contributed by atoms with Gasteiger partial charge in [0.25, 0.3) is 0 Å². The summed E-state index contributed by atoms with van der Waals surface area (Å²) in [4.78, 5) is 24.9. The average Bonchev–Trinajstić information content (AvgIpc) is 2.53. The molecule has 2 atom stereocenters. The Balaban J connectivity index is 1.92. The van der Waals surface area contributed by atoms with E-state index < -0.39 is 5.97 Å². The molecule has 22 heavy (non-hydrogen) atoms. The predicted octanol–water partition coefficient (Wildman–Crippen LogP) is 2.09. The van der Waals surface area contributed by atoms with Crippen molar-refractivity contribution in [1.82, 2.24) is 10.2 Å². The van der Waals surface area contributed by atoms with Crippen LogP contribution in [0.2, 0.25) is 0 Å². The van der Waals surface area contributed by atoms with Crippen LogP contribution in [0, 0.1) is 0 Å². The fourth-order valence-electron chi connectivity index (χ4n) is 2.48. The third-order valence-electron chi connectivity index (χ3n) is 3.84. The summed E-state index contributed by atoms with van der Waals surface area (Å²) in [5, 5.41) is 11.7. The Kier molecular flexibility index (Phi) is 5.38. The summed E-state index contributed by atoms with van der Waals surface area (Å²) in [7, 11) is 0. The first-order valence-electron chi connectivity index (χ1n) is 7.49. The summed E-state index contributed by atoms with van der Waals surface area (Å²) in [6.45, 7) is 5.52. The predicted molar refractivity (Wildman–Crippen MR) is 81.8 cm³/mol. The Labute approximate surface area is 130 Å². The molecule has 1 saturated heterocycles. The summed E-state index contributed by atoms with van der Waals surface area (Å²) >= 11 is 0. The number of benzene rings is 1. The van der Waals surface area contributed by atoms with Crippen LogP contribution in [0.4, 0.5) is 4.79 Å². The largest absolute Gasteiger partial charge is 0.478 e. The molecular weight excluding hydrogens is 284 g/mol. The topological polar surface area (TPSA) is 78.9 Å². The van der Waals surface area contributed by atoms with Crippen molar-refractivity contribution in [2.75, 3.05) is 13.2 Å². The minimum atomic E-state index is -0.955. The van der Waals surface area contributed by atoms with Crippen molar-refractivity contribution in [3.05, 3.63) is 35.4 Å². The Bertz CT molecular complexity index is 529. The number of carbonyl (C=O) groups is 2.